The Hall–Kier alpha value is -1.64. The van der Waals surface area contributed by atoms with Crippen LogP contribution in [-0.2, 0) is 21.4 Å². The summed E-state index contributed by atoms with van der Waals surface area (Å²) in [7, 11) is -1.35. The molecule has 1 aliphatic rings. The standard InChI is InChI=1S/C19H32N4O3S/c1-3-15-27(24,25)23-12-9-18(10-13-23)22-19(20-2)21-11-14-26-16-17-7-5-4-6-8-17/h4-8,18H,3,9-16H2,1-2H3,(H2,20,21,22). The lowest BCUT2D eigenvalue weighted by atomic mass is 10.1. The van der Waals surface area contributed by atoms with E-state index in [4.69, 9.17) is 4.74 Å². The highest BCUT2D eigenvalue weighted by Crippen LogP contribution is 2.15. The number of aliphatic imine (C=N–C) groups is 1. The Morgan fingerprint density at radius 1 is 1.26 bits per heavy atom. The minimum absolute atomic E-state index is 0.231. The second-order valence-corrected chi connectivity index (χ2v) is 8.76. The molecule has 2 N–H and O–H groups in total. The molecule has 0 bridgehead atoms. The molecule has 152 valence electrons. The van der Waals surface area contributed by atoms with Gasteiger partial charge in [-0.05, 0) is 24.8 Å². The summed E-state index contributed by atoms with van der Waals surface area (Å²) in [5, 5.41) is 6.63. The van der Waals surface area contributed by atoms with Gasteiger partial charge in [-0.3, -0.25) is 4.99 Å². The molecule has 1 saturated heterocycles. The first kappa shape index (κ1) is 21.7. The van der Waals surface area contributed by atoms with Gasteiger partial charge in [0.1, 0.15) is 0 Å². The molecule has 0 amide bonds. The summed E-state index contributed by atoms with van der Waals surface area (Å²) in [6.07, 6.45) is 2.23. The van der Waals surface area contributed by atoms with Crippen LogP contribution in [0.4, 0.5) is 0 Å². The van der Waals surface area contributed by atoms with Crippen LogP contribution in [0.2, 0.25) is 0 Å². The van der Waals surface area contributed by atoms with Crippen LogP contribution in [0.25, 0.3) is 0 Å². The van der Waals surface area contributed by atoms with Crippen molar-refractivity contribution in [3.63, 3.8) is 0 Å². The van der Waals surface area contributed by atoms with Crippen LogP contribution in [0.1, 0.15) is 31.7 Å². The van der Waals surface area contributed by atoms with Gasteiger partial charge >= 0.3 is 0 Å². The minimum atomic E-state index is -3.09. The van der Waals surface area contributed by atoms with E-state index in [-0.39, 0.29) is 11.8 Å². The summed E-state index contributed by atoms with van der Waals surface area (Å²) in [5.74, 6) is 0.963. The van der Waals surface area contributed by atoms with E-state index in [0.717, 1.165) is 24.4 Å². The Morgan fingerprint density at radius 3 is 2.59 bits per heavy atom. The van der Waals surface area contributed by atoms with E-state index in [1.54, 1.807) is 11.4 Å². The van der Waals surface area contributed by atoms with Gasteiger partial charge in [-0.2, -0.15) is 0 Å². The number of piperidine rings is 1. The van der Waals surface area contributed by atoms with Crippen LogP contribution >= 0.6 is 0 Å². The first-order valence-corrected chi connectivity index (χ1v) is 11.2. The fourth-order valence-electron chi connectivity index (χ4n) is 3.06. The number of hydrogen-bond acceptors (Lipinski definition) is 4. The van der Waals surface area contributed by atoms with Gasteiger partial charge < -0.3 is 15.4 Å². The Bertz CT molecular complexity index is 671. The smallest absolute Gasteiger partial charge is 0.214 e. The highest BCUT2D eigenvalue weighted by molar-refractivity contribution is 7.89. The maximum absolute atomic E-state index is 12.1. The largest absolute Gasteiger partial charge is 0.375 e. The topological polar surface area (TPSA) is 83.0 Å². The van der Waals surface area contributed by atoms with E-state index in [1.807, 2.05) is 37.3 Å². The number of hydrogen-bond donors (Lipinski definition) is 2. The molecule has 0 aliphatic carbocycles. The molecule has 0 saturated carbocycles. The molecule has 1 aliphatic heterocycles. The van der Waals surface area contributed by atoms with Gasteiger partial charge in [0.15, 0.2) is 5.96 Å². The molecule has 1 fully saturated rings. The molecule has 2 rings (SSSR count). The summed E-state index contributed by atoms with van der Waals surface area (Å²) < 4.78 is 31.5. The third kappa shape index (κ3) is 7.48. The van der Waals surface area contributed by atoms with Crippen molar-refractivity contribution in [2.24, 2.45) is 4.99 Å². The Labute approximate surface area is 163 Å². The van der Waals surface area contributed by atoms with Gasteiger partial charge in [-0.15, -0.1) is 0 Å². The van der Waals surface area contributed by atoms with Crippen molar-refractivity contribution in [3.8, 4) is 0 Å². The zero-order valence-corrected chi connectivity index (χ0v) is 17.2. The molecule has 27 heavy (non-hydrogen) atoms. The normalized spacial score (nSPS) is 17.0. The summed E-state index contributed by atoms with van der Waals surface area (Å²) in [5.41, 5.74) is 1.16. The summed E-state index contributed by atoms with van der Waals surface area (Å²) >= 11 is 0. The van der Waals surface area contributed by atoms with Crippen LogP contribution in [0, 0.1) is 0 Å². The number of sulfonamides is 1. The first-order chi connectivity index (χ1) is 13.0. The molecule has 7 nitrogen and oxygen atoms in total. The van der Waals surface area contributed by atoms with Gasteiger partial charge in [0, 0.05) is 32.7 Å². The van der Waals surface area contributed by atoms with E-state index in [0.29, 0.717) is 39.3 Å². The van der Waals surface area contributed by atoms with Crippen molar-refractivity contribution in [2.75, 3.05) is 39.0 Å². The fourth-order valence-corrected chi connectivity index (χ4v) is 4.60. The molecule has 0 radical (unpaired) electrons. The average molecular weight is 397 g/mol. The summed E-state index contributed by atoms with van der Waals surface area (Å²) in [4.78, 5) is 4.24. The molecule has 1 aromatic carbocycles. The van der Waals surface area contributed by atoms with Crippen LogP contribution in [0.5, 0.6) is 0 Å². The van der Waals surface area contributed by atoms with Gasteiger partial charge in [0.05, 0.1) is 19.0 Å². The highest BCUT2D eigenvalue weighted by atomic mass is 32.2. The molecular weight excluding hydrogens is 364 g/mol. The van der Waals surface area contributed by atoms with Crippen molar-refractivity contribution >= 4 is 16.0 Å². The van der Waals surface area contributed by atoms with Crippen LogP contribution in [0.15, 0.2) is 35.3 Å². The zero-order chi connectivity index (χ0) is 19.5. The van der Waals surface area contributed by atoms with Gasteiger partial charge in [-0.1, -0.05) is 37.3 Å². The molecular formula is C19H32N4O3S. The van der Waals surface area contributed by atoms with E-state index in [9.17, 15) is 8.42 Å². The molecule has 0 aromatic heterocycles. The maximum Gasteiger partial charge on any atom is 0.214 e. The van der Waals surface area contributed by atoms with E-state index >= 15 is 0 Å². The number of benzene rings is 1. The average Bonchev–Trinajstić information content (AvgIpc) is 2.68. The number of nitrogens with zero attached hydrogens (tertiary/aromatic N) is 2. The third-order valence-corrected chi connectivity index (χ3v) is 6.60. The Kier molecular flexibility index (Phi) is 9.03. The van der Waals surface area contributed by atoms with Crippen molar-refractivity contribution in [3.05, 3.63) is 35.9 Å². The minimum Gasteiger partial charge on any atom is -0.375 e. The lowest BCUT2D eigenvalue weighted by molar-refractivity contribution is 0.125. The van der Waals surface area contributed by atoms with Crippen LogP contribution < -0.4 is 10.6 Å². The van der Waals surface area contributed by atoms with Crippen LogP contribution in [-0.4, -0.2) is 63.8 Å². The van der Waals surface area contributed by atoms with E-state index < -0.39 is 10.0 Å². The second-order valence-electron chi connectivity index (χ2n) is 6.67. The molecule has 0 atom stereocenters. The molecule has 0 unspecified atom stereocenters. The van der Waals surface area contributed by atoms with Gasteiger partial charge in [0.25, 0.3) is 0 Å². The second kappa shape index (κ2) is 11.3. The predicted molar refractivity (Wildman–Crippen MR) is 109 cm³/mol. The van der Waals surface area contributed by atoms with Gasteiger partial charge in [0.2, 0.25) is 10.0 Å². The zero-order valence-electron chi connectivity index (χ0n) is 16.4. The quantitative estimate of drug-likeness (QED) is 0.376. The van der Waals surface area contributed by atoms with Crippen molar-refractivity contribution in [1.82, 2.24) is 14.9 Å². The fraction of sp³-hybridized carbons (Fsp3) is 0.632. The molecule has 0 spiro atoms. The lowest BCUT2D eigenvalue weighted by Crippen LogP contribution is -2.50. The summed E-state index contributed by atoms with van der Waals surface area (Å²) in [6.45, 7) is 4.87. The predicted octanol–water partition coefficient (Wildman–Crippen LogP) is 1.57. The lowest BCUT2D eigenvalue weighted by Gasteiger charge is -2.32. The SMILES string of the molecule is CCCS(=O)(=O)N1CCC(NC(=NC)NCCOCc2ccccc2)CC1. The molecule has 1 heterocycles. The third-order valence-electron chi connectivity index (χ3n) is 4.52. The maximum atomic E-state index is 12.1. The number of ether oxygens (including phenoxy) is 1. The molecule has 1 aromatic rings. The number of nitrogens with one attached hydrogen (secondary N) is 2. The van der Waals surface area contributed by atoms with Crippen molar-refractivity contribution < 1.29 is 13.2 Å². The monoisotopic (exact) mass is 396 g/mol. The highest BCUT2D eigenvalue weighted by Gasteiger charge is 2.27. The van der Waals surface area contributed by atoms with Crippen molar-refractivity contribution in [2.45, 2.75) is 38.8 Å². The Morgan fingerprint density at radius 2 is 1.96 bits per heavy atom. The number of guanidine groups is 1. The van der Waals surface area contributed by atoms with E-state index in [2.05, 4.69) is 15.6 Å². The first-order valence-electron chi connectivity index (χ1n) is 9.62. The van der Waals surface area contributed by atoms with Crippen LogP contribution in [0.3, 0.4) is 0 Å². The Balaban J connectivity index is 1.64. The summed E-state index contributed by atoms with van der Waals surface area (Å²) in [6, 6.07) is 10.3. The van der Waals surface area contributed by atoms with Gasteiger partial charge in [-0.25, -0.2) is 12.7 Å². The number of rotatable bonds is 9. The van der Waals surface area contributed by atoms with Crippen molar-refractivity contribution in [1.29, 1.82) is 0 Å². The molecule has 8 heteroatoms. The van der Waals surface area contributed by atoms with E-state index in [1.165, 1.54) is 0 Å².